The Bertz CT molecular complexity index is 582. The number of nitrogens with two attached hydrogens (primary N) is 1. The Morgan fingerprint density at radius 3 is 2.95 bits per heavy atom. The van der Waals surface area contributed by atoms with Crippen LogP contribution in [0.2, 0.25) is 5.02 Å². The molecule has 1 aromatic heterocycles. The fraction of sp³-hybridized carbons (Fsp3) is 0.231. The monoisotopic (exact) mass is 278 g/mol. The number of nitrogen functional groups attached to an aromatic ring is 1. The van der Waals surface area contributed by atoms with Gasteiger partial charge in [-0.3, -0.25) is 9.48 Å². The van der Waals surface area contributed by atoms with Gasteiger partial charge in [-0.2, -0.15) is 5.10 Å². The SMILES string of the molecule is CC(NC(=O)Cn1ccc(N)n1)c1cccc(Cl)c1. The van der Waals surface area contributed by atoms with Gasteiger partial charge in [0.25, 0.3) is 0 Å². The van der Waals surface area contributed by atoms with E-state index < -0.39 is 0 Å². The zero-order chi connectivity index (χ0) is 13.8. The van der Waals surface area contributed by atoms with Crippen molar-refractivity contribution in [3.63, 3.8) is 0 Å². The van der Waals surface area contributed by atoms with Crippen molar-refractivity contribution in [3.05, 3.63) is 47.1 Å². The standard InChI is InChI=1S/C13H15ClN4O/c1-9(10-3-2-4-11(14)7-10)16-13(19)8-18-6-5-12(15)17-18/h2-7,9H,8H2,1H3,(H2,15,17)(H,16,19). The fourth-order valence-corrected chi connectivity index (χ4v) is 1.96. The molecule has 1 atom stereocenters. The van der Waals surface area contributed by atoms with E-state index in [0.717, 1.165) is 5.56 Å². The summed E-state index contributed by atoms with van der Waals surface area (Å²) in [7, 11) is 0. The number of aromatic nitrogens is 2. The summed E-state index contributed by atoms with van der Waals surface area (Å²) in [4.78, 5) is 11.8. The van der Waals surface area contributed by atoms with E-state index in [2.05, 4.69) is 10.4 Å². The number of halogens is 1. The molecule has 1 aromatic carbocycles. The Labute approximate surface area is 116 Å². The Kier molecular flexibility index (Phi) is 4.06. The number of hydrogen-bond acceptors (Lipinski definition) is 3. The van der Waals surface area contributed by atoms with Crippen LogP contribution in [0.4, 0.5) is 5.82 Å². The Morgan fingerprint density at radius 2 is 2.32 bits per heavy atom. The van der Waals surface area contributed by atoms with Crippen LogP contribution in [-0.4, -0.2) is 15.7 Å². The predicted octanol–water partition coefficient (Wildman–Crippen LogP) is 2.00. The fourth-order valence-electron chi connectivity index (χ4n) is 1.76. The van der Waals surface area contributed by atoms with Crippen LogP contribution in [0, 0.1) is 0 Å². The predicted molar refractivity (Wildman–Crippen MR) is 74.6 cm³/mol. The van der Waals surface area contributed by atoms with Gasteiger partial charge in [-0.25, -0.2) is 0 Å². The average molecular weight is 279 g/mol. The van der Waals surface area contributed by atoms with E-state index >= 15 is 0 Å². The molecule has 1 heterocycles. The van der Waals surface area contributed by atoms with Crippen LogP contribution in [0.15, 0.2) is 36.5 Å². The van der Waals surface area contributed by atoms with Crippen LogP contribution in [0.1, 0.15) is 18.5 Å². The Balaban J connectivity index is 1.95. The van der Waals surface area contributed by atoms with E-state index in [9.17, 15) is 4.79 Å². The second-order valence-corrected chi connectivity index (χ2v) is 4.72. The van der Waals surface area contributed by atoms with E-state index in [1.165, 1.54) is 4.68 Å². The highest BCUT2D eigenvalue weighted by Gasteiger charge is 2.10. The number of amides is 1. The highest BCUT2D eigenvalue weighted by Crippen LogP contribution is 2.17. The highest BCUT2D eigenvalue weighted by molar-refractivity contribution is 6.30. The van der Waals surface area contributed by atoms with Gasteiger partial charge in [0.05, 0.1) is 6.04 Å². The minimum Gasteiger partial charge on any atom is -0.382 e. The molecule has 5 nitrogen and oxygen atoms in total. The average Bonchev–Trinajstić information content (AvgIpc) is 2.74. The summed E-state index contributed by atoms with van der Waals surface area (Å²) < 4.78 is 1.50. The second kappa shape index (κ2) is 5.75. The highest BCUT2D eigenvalue weighted by atomic mass is 35.5. The molecule has 2 rings (SSSR count). The van der Waals surface area contributed by atoms with Gasteiger partial charge in [0.2, 0.25) is 5.91 Å². The number of rotatable bonds is 4. The normalized spacial score (nSPS) is 12.1. The first-order chi connectivity index (χ1) is 9.04. The smallest absolute Gasteiger partial charge is 0.242 e. The van der Waals surface area contributed by atoms with E-state index in [1.54, 1.807) is 18.3 Å². The molecule has 0 radical (unpaired) electrons. The molecule has 0 bridgehead atoms. The molecule has 0 aliphatic heterocycles. The number of nitrogens with zero attached hydrogens (tertiary/aromatic N) is 2. The topological polar surface area (TPSA) is 72.9 Å². The van der Waals surface area contributed by atoms with Crippen molar-refractivity contribution < 1.29 is 4.79 Å². The summed E-state index contributed by atoms with van der Waals surface area (Å²) in [5, 5.41) is 7.49. The Morgan fingerprint density at radius 1 is 1.53 bits per heavy atom. The molecular weight excluding hydrogens is 264 g/mol. The van der Waals surface area contributed by atoms with Gasteiger partial charge in [0.15, 0.2) is 0 Å². The summed E-state index contributed by atoms with van der Waals surface area (Å²) >= 11 is 5.92. The van der Waals surface area contributed by atoms with Crippen LogP contribution < -0.4 is 11.1 Å². The third-order valence-corrected chi connectivity index (χ3v) is 2.93. The summed E-state index contributed by atoms with van der Waals surface area (Å²) in [5.74, 6) is 0.270. The number of carbonyl (C=O) groups is 1. The maximum Gasteiger partial charge on any atom is 0.242 e. The molecule has 1 unspecified atom stereocenters. The maximum atomic E-state index is 11.8. The molecule has 0 aliphatic rings. The molecule has 0 aliphatic carbocycles. The molecular formula is C13H15ClN4O. The lowest BCUT2D eigenvalue weighted by atomic mass is 10.1. The lowest BCUT2D eigenvalue weighted by Gasteiger charge is -2.14. The minimum atomic E-state index is -0.129. The van der Waals surface area contributed by atoms with Crippen LogP contribution in [0.5, 0.6) is 0 Å². The molecule has 2 aromatic rings. The number of benzene rings is 1. The van der Waals surface area contributed by atoms with Crippen molar-refractivity contribution in [1.82, 2.24) is 15.1 Å². The lowest BCUT2D eigenvalue weighted by Crippen LogP contribution is -2.30. The van der Waals surface area contributed by atoms with E-state index in [-0.39, 0.29) is 18.5 Å². The Hall–Kier alpha value is -2.01. The molecule has 100 valence electrons. The summed E-state index contributed by atoms with van der Waals surface area (Å²) in [6.07, 6.45) is 1.67. The van der Waals surface area contributed by atoms with Gasteiger partial charge >= 0.3 is 0 Å². The van der Waals surface area contributed by atoms with Crippen LogP contribution >= 0.6 is 11.6 Å². The van der Waals surface area contributed by atoms with Crippen LogP contribution in [-0.2, 0) is 11.3 Å². The van der Waals surface area contributed by atoms with Crippen molar-refractivity contribution in [2.24, 2.45) is 0 Å². The van der Waals surface area contributed by atoms with Crippen LogP contribution in [0.25, 0.3) is 0 Å². The van der Waals surface area contributed by atoms with Crippen molar-refractivity contribution in [3.8, 4) is 0 Å². The zero-order valence-electron chi connectivity index (χ0n) is 10.5. The lowest BCUT2D eigenvalue weighted by molar-refractivity contribution is -0.122. The maximum absolute atomic E-state index is 11.8. The quantitative estimate of drug-likeness (QED) is 0.898. The summed E-state index contributed by atoms with van der Waals surface area (Å²) in [6, 6.07) is 8.94. The van der Waals surface area contributed by atoms with Gasteiger partial charge < -0.3 is 11.1 Å². The van der Waals surface area contributed by atoms with E-state index in [4.69, 9.17) is 17.3 Å². The first kappa shape index (κ1) is 13.4. The van der Waals surface area contributed by atoms with Crippen LogP contribution in [0.3, 0.4) is 0 Å². The molecule has 1 amide bonds. The second-order valence-electron chi connectivity index (χ2n) is 4.28. The van der Waals surface area contributed by atoms with E-state index in [0.29, 0.717) is 10.8 Å². The van der Waals surface area contributed by atoms with Gasteiger partial charge in [0, 0.05) is 11.2 Å². The molecule has 3 N–H and O–H groups in total. The largest absolute Gasteiger partial charge is 0.382 e. The number of hydrogen-bond donors (Lipinski definition) is 2. The van der Waals surface area contributed by atoms with Gasteiger partial charge in [-0.05, 0) is 30.7 Å². The molecule has 6 heteroatoms. The van der Waals surface area contributed by atoms with Crippen molar-refractivity contribution in [1.29, 1.82) is 0 Å². The number of nitrogens with one attached hydrogen (secondary N) is 1. The first-order valence-electron chi connectivity index (χ1n) is 5.88. The summed E-state index contributed by atoms with van der Waals surface area (Å²) in [5.41, 5.74) is 6.44. The molecule has 19 heavy (non-hydrogen) atoms. The van der Waals surface area contributed by atoms with Gasteiger partial charge in [-0.1, -0.05) is 23.7 Å². The summed E-state index contributed by atoms with van der Waals surface area (Å²) in [6.45, 7) is 2.04. The van der Waals surface area contributed by atoms with Gasteiger partial charge in [0.1, 0.15) is 12.4 Å². The zero-order valence-corrected chi connectivity index (χ0v) is 11.3. The van der Waals surface area contributed by atoms with Crippen molar-refractivity contribution in [2.45, 2.75) is 19.5 Å². The third-order valence-electron chi connectivity index (χ3n) is 2.69. The van der Waals surface area contributed by atoms with Crippen molar-refractivity contribution >= 4 is 23.3 Å². The third kappa shape index (κ3) is 3.72. The van der Waals surface area contributed by atoms with Crippen molar-refractivity contribution in [2.75, 3.05) is 5.73 Å². The first-order valence-corrected chi connectivity index (χ1v) is 6.26. The molecule has 0 fully saturated rings. The molecule has 0 saturated heterocycles. The number of carbonyl (C=O) groups excluding carboxylic acids is 1. The number of anilines is 1. The molecule has 0 spiro atoms. The minimum absolute atomic E-state index is 0.112. The van der Waals surface area contributed by atoms with E-state index in [1.807, 2.05) is 25.1 Å². The van der Waals surface area contributed by atoms with Gasteiger partial charge in [-0.15, -0.1) is 0 Å². The molecule has 0 saturated carbocycles.